The quantitative estimate of drug-likeness (QED) is 0.768. The minimum Gasteiger partial charge on any atom is -0.493 e. The molecule has 29 heavy (non-hydrogen) atoms. The van der Waals surface area contributed by atoms with Crippen LogP contribution in [0.15, 0.2) is 36.4 Å². The Balaban J connectivity index is 1.99. The van der Waals surface area contributed by atoms with Crippen LogP contribution >= 0.6 is 0 Å². The molecule has 1 aliphatic rings. The number of nitrogens with one attached hydrogen (secondary N) is 1. The van der Waals surface area contributed by atoms with Crippen LogP contribution in [0.25, 0.3) is 0 Å². The summed E-state index contributed by atoms with van der Waals surface area (Å²) < 4.78 is 11.1. The fourth-order valence-corrected chi connectivity index (χ4v) is 4.27. The maximum Gasteiger partial charge on any atom is 0.219 e. The number of benzene rings is 2. The highest BCUT2D eigenvalue weighted by atomic mass is 16.5. The van der Waals surface area contributed by atoms with Gasteiger partial charge in [-0.3, -0.25) is 9.69 Å². The van der Waals surface area contributed by atoms with E-state index in [0.717, 1.165) is 31.0 Å². The van der Waals surface area contributed by atoms with Gasteiger partial charge in [0.15, 0.2) is 11.5 Å². The fraction of sp³-hybridized carbons (Fsp3) is 0.458. The van der Waals surface area contributed by atoms with Gasteiger partial charge in [0, 0.05) is 25.6 Å². The Kier molecular flexibility index (Phi) is 6.80. The third-order valence-electron chi connectivity index (χ3n) is 5.68. The Labute approximate surface area is 174 Å². The summed E-state index contributed by atoms with van der Waals surface area (Å²) in [6.07, 6.45) is 1.42. The molecule has 5 nitrogen and oxygen atoms in total. The Morgan fingerprint density at radius 2 is 1.93 bits per heavy atom. The highest BCUT2D eigenvalue weighted by molar-refractivity contribution is 5.76. The average molecular weight is 397 g/mol. The number of rotatable bonds is 7. The number of carbonyl (C=O) groups is 1. The lowest BCUT2D eigenvalue weighted by Gasteiger charge is -2.41. The zero-order valence-electron chi connectivity index (χ0n) is 18.1. The molecule has 0 saturated carbocycles. The van der Waals surface area contributed by atoms with Crippen LogP contribution in [0.4, 0.5) is 0 Å². The molecule has 0 fully saturated rings. The average Bonchev–Trinajstić information content (AvgIpc) is 2.72. The minimum absolute atomic E-state index is 0.0237. The first-order valence-corrected chi connectivity index (χ1v) is 10.3. The van der Waals surface area contributed by atoms with Crippen molar-refractivity contribution in [3.8, 4) is 11.5 Å². The molecule has 5 heteroatoms. The summed E-state index contributed by atoms with van der Waals surface area (Å²) >= 11 is 0. The molecule has 2 unspecified atom stereocenters. The Bertz CT molecular complexity index is 865. The first-order valence-electron chi connectivity index (χ1n) is 10.3. The Hall–Kier alpha value is -2.53. The van der Waals surface area contributed by atoms with Crippen LogP contribution in [-0.2, 0) is 17.8 Å². The second-order valence-electron chi connectivity index (χ2n) is 7.77. The normalized spacial score (nSPS) is 17.3. The number of ether oxygens (including phenoxy) is 2. The lowest BCUT2D eigenvalue weighted by atomic mass is 9.87. The lowest BCUT2D eigenvalue weighted by molar-refractivity contribution is -0.121. The number of hydrogen-bond donors (Lipinski definition) is 1. The molecule has 0 bridgehead atoms. The molecule has 2 aromatic rings. The molecule has 1 heterocycles. The van der Waals surface area contributed by atoms with E-state index in [9.17, 15) is 4.79 Å². The zero-order chi connectivity index (χ0) is 21.0. The Morgan fingerprint density at radius 3 is 2.59 bits per heavy atom. The molecule has 2 atom stereocenters. The van der Waals surface area contributed by atoms with Crippen molar-refractivity contribution in [3.63, 3.8) is 0 Å². The molecule has 1 N–H and O–H groups in total. The van der Waals surface area contributed by atoms with Gasteiger partial charge in [-0.1, -0.05) is 36.8 Å². The zero-order valence-corrected chi connectivity index (χ0v) is 18.1. The summed E-state index contributed by atoms with van der Waals surface area (Å²) in [7, 11) is 3.33. The van der Waals surface area contributed by atoms with Gasteiger partial charge in [0.2, 0.25) is 5.91 Å². The highest BCUT2D eigenvalue weighted by Gasteiger charge is 2.33. The predicted octanol–water partition coefficient (Wildman–Crippen LogP) is 4.03. The van der Waals surface area contributed by atoms with Crippen LogP contribution in [0.5, 0.6) is 11.5 Å². The third-order valence-corrected chi connectivity index (χ3v) is 5.68. The summed E-state index contributed by atoms with van der Waals surface area (Å²) in [6, 6.07) is 12.8. The van der Waals surface area contributed by atoms with E-state index in [-0.39, 0.29) is 18.0 Å². The van der Waals surface area contributed by atoms with Gasteiger partial charge in [0.1, 0.15) is 0 Å². The smallest absolute Gasteiger partial charge is 0.219 e. The minimum atomic E-state index is -0.0237. The summed E-state index contributed by atoms with van der Waals surface area (Å²) in [5.74, 6) is 1.55. The van der Waals surface area contributed by atoms with Crippen LogP contribution in [-0.4, -0.2) is 37.6 Å². The van der Waals surface area contributed by atoms with Gasteiger partial charge < -0.3 is 14.8 Å². The van der Waals surface area contributed by atoms with Crippen LogP contribution in [0.3, 0.4) is 0 Å². The van der Waals surface area contributed by atoms with Crippen molar-refractivity contribution in [3.05, 3.63) is 58.7 Å². The van der Waals surface area contributed by atoms with Gasteiger partial charge in [-0.05, 0) is 49.1 Å². The van der Waals surface area contributed by atoms with Crippen LogP contribution in [0.2, 0.25) is 0 Å². The Morgan fingerprint density at radius 1 is 1.21 bits per heavy atom. The van der Waals surface area contributed by atoms with E-state index in [4.69, 9.17) is 9.47 Å². The molecule has 0 saturated heterocycles. The molecule has 0 spiro atoms. The second kappa shape index (κ2) is 9.31. The van der Waals surface area contributed by atoms with Crippen LogP contribution in [0, 0.1) is 6.92 Å². The summed E-state index contributed by atoms with van der Waals surface area (Å²) in [5, 5.41) is 3.18. The summed E-state index contributed by atoms with van der Waals surface area (Å²) in [6.45, 7) is 7.86. The van der Waals surface area contributed by atoms with Crippen LogP contribution < -0.4 is 14.8 Å². The standard InChI is InChI=1S/C24H32N2O3/c1-6-23(27)25-17(3)24-20-14-22(29-5)21(28-4)13-19(20)10-11-26(24)15-18-9-7-8-16(2)12-18/h7-9,12-14,17,24H,6,10-11,15H2,1-5H3,(H,25,27). The molecule has 3 rings (SSSR count). The van der Waals surface area contributed by atoms with Gasteiger partial charge in [-0.25, -0.2) is 0 Å². The number of hydrogen-bond acceptors (Lipinski definition) is 4. The molecule has 0 aliphatic carbocycles. The van der Waals surface area contributed by atoms with Crippen LogP contribution in [0.1, 0.15) is 48.6 Å². The van der Waals surface area contributed by atoms with E-state index >= 15 is 0 Å². The molecular weight excluding hydrogens is 364 g/mol. The molecule has 0 radical (unpaired) electrons. The van der Waals surface area contributed by atoms with Crippen molar-refractivity contribution in [2.75, 3.05) is 20.8 Å². The number of aryl methyl sites for hydroxylation is 1. The van der Waals surface area contributed by atoms with E-state index in [0.29, 0.717) is 6.42 Å². The van der Waals surface area contributed by atoms with Crippen molar-refractivity contribution in [1.82, 2.24) is 10.2 Å². The van der Waals surface area contributed by atoms with Crippen molar-refractivity contribution in [1.29, 1.82) is 0 Å². The van der Waals surface area contributed by atoms with Crippen molar-refractivity contribution in [2.45, 2.75) is 52.2 Å². The second-order valence-corrected chi connectivity index (χ2v) is 7.77. The largest absolute Gasteiger partial charge is 0.493 e. The van der Waals surface area contributed by atoms with Gasteiger partial charge in [-0.2, -0.15) is 0 Å². The fourth-order valence-electron chi connectivity index (χ4n) is 4.27. The molecule has 2 aromatic carbocycles. The summed E-state index contributed by atoms with van der Waals surface area (Å²) in [5.41, 5.74) is 5.00. The van der Waals surface area contributed by atoms with E-state index in [1.807, 2.05) is 6.92 Å². The van der Waals surface area contributed by atoms with Gasteiger partial charge in [-0.15, -0.1) is 0 Å². The number of amides is 1. The molecule has 1 amide bonds. The maximum atomic E-state index is 12.1. The molecule has 156 valence electrons. The number of methoxy groups -OCH3 is 2. The van der Waals surface area contributed by atoms with Crippen molar-refractivity contribution >= 4 is 5.91 Å². The highest BCUT2D eigenvalue weighted by Crippen LogP contribution is 2.40. The molecular formula is C24H32N2O3. The number of carbonyl (C=O) groups excluding carboxylic acids is 1. The topological polar surface area (TPSA) is 50.8 Å². The first-order chi connectivity index (χ1) is 14.0. The predicted molar refractivity (Wildman–Crippen MR) is 115 cm³/mol. The van der Waals surface area contributed by atoms with E-state index in [1.165, 1.54) is 22.3 Å². The van der Waals surface area contributed by atoms with Crippen molar-refractivity contribution in [2.24, 2.45) is 0 Å². The lowest BCUT2D eigenvalue weighted by Crippen LogP contribution is -2.47. The third kappa shape index (κ3) is 4.73. The maximum absolute atomic E-state index is 12.1. The first kappa shape index (κ1) is 21.2. The van der Waals surface area contributed by atoms with E-state index in [2.05, 4.69) is 60.5 Å². The monoisotopic (exact) mass is 396 g/mol. The number of nitrogens with zero attached hydrogens (tertiary/aromatic N) is 1. The van der Waals surface area contributed by atoms with Crippen molar-refractivity contribution < 1.29 is 14.3 Å². The molecule has 1 aliphatic heterocycles. The van der Waals surface area contributed by atoms with E-state index in [1.54, 1.807) is 14.2 Å². The van der Waals surface area contributed by atoms with Gasteiger partial charge in [0.25, 0.3) is 0 Å². The SMILES string of the molecule is CCC(=O)NC(C)C1c2cc(OC)c(OC)cc2CCN1Cc1cccc(C)c1. The van der Waals surface area contributed by atoms with E-state index < -0.39 is 0 Å². The summed E-state index contributed by atoms with van der Waals surface area (Å²) in [4.78, 5) is 14.6. The molecule has 0 aromatic heterocycles. The number of fused-ring (bicyclic) bond motifs is 1. The van der Waals surface area contributed by atoms with Gasteiger partial charge >= 0.3 is 0 Å². The van der Waals surface area contributed by atoms with Gasteiger partial charge in [0.05, 0.1) is 20.3 Å².